The van der Waals surface area contributed by atoms with Crippen molar-refractivity contribution in [3.05, 3.63) is 71.3 Å². The van der Waals surface area contributed by atoms with Crippen molar-refractivity contribution in [1.29, 1.82) is 0 Å². The molecule has 3 aromatic carbocycles. The van der Waals surface area contributed by atoms with Crippen molar-refractivity contribution in [2.45, 2.75) is 61.3 Å². The summed E-state index contributed by atoms with van der Waals surface area (Å²) >= 11 is 0. The van der Waals surface area contributed by atoms with Crippen LogP contribution in [0.2, 0.25) is 0 Å². The molecule has 0 N–H and O–H groups in total. The van der Waals surface area contributed by atoms with Crippen LogP contribution in [0.3, 0.4) is 0 Å². The summed E-state index contributed by atoms with van der Waals surface area (Å²) in [6, 6.07) is 20.2. The van der Waals surface area contributed by atoms with E-state index in [-0.39, 0.29) is 0 Å². The molecule has 0 aliphatic rings. The molecule has 0 aromatic heterocycles. The van der Waals surface area contributed by atoms with Gasteiger partial charge >= 0.3 is 0 Å². The lowest BCUT2D eigenvalue weighted by atomic mass is 9.92. The molecule has 0 unspecified atom stereocenters. The van der Waals surface area contributed by atoms with E-state index in [1.54, 1.807) is 0 Å². The molecule has 0 aliphatic carbocycles. The topological polar surface area (TPSA) is 0 Å². The highest BCUT2D eigenvalue weighted by atomic mass is 14.1. The summed E-state index contributed by atoms with van der Waals surface area (Å²) in [5.74, 6) is 0.563. The second-order valence-corrected chi connectivity index (χ2v) is 6.29. The van der Waals surface area contributed by atoms with Crippen molar-refractivity contribution in [3.63, 3.8) is 0 Å². The van der Waals surface area contributed by atoms with E-state index in [2.05, 4.69) is 82.3 Å². The molecular formula is C25H34. The Balaban J connectivity index is 0.000000730. The zero-order valence-electron chi connectivity index (χ0n) is 17.3. The van der Waals surface area contributed by atoms with Gasteiger partial charge < -0.3 is 0 Å². The molecule has 0 aliphatic heterocycles. The lowest BCUT2D eigenvalue weighted by Gasteiger charge is -2.12. The summed E-state index contributed by atoms with van der Waals surface area (Å²) in [7, 11) is 0. The summed E-state index contributed by atoms with van der Waals surface area (Å²) in [6.45, 7) is 16.9. The van der Waals surface area contributed by atoms with Crippen LogP contribution < -0.4 is 0 Å². The highest BCUT2D eigenvalue weighted by Gasteiger charge is 2.06. The van der Waals surface area contributed by atoms with E-state index >= 15 is 0 Å². The van der Waals surface area contributed by atoms with Gasteiger partial charge in [0.25, 0.3) is 0 Å². The van der Waals surface area contributed by atoms with E-state index in [0.29, 0.717) is 5.92 Å². The van der Waals surface area contributed by atoms with Crippen LogP contribution in [0, 0.1) is 13.8 Å². The fraction of sp³-hybridized carbons (Fsp3) is 0.360. The molecule has 3 rings (SSSR count). The van der Waals surface area contributed by atoms with Gasteiger partial charge in [-0.15, -0.1) is 0 Å². The van der Waals surface area contributed by atoms with Gasteiger partial charge in [0.1, 0.15) is 0 Å². The third-order valence-corrected chi connectivity index (χ3v) is 4.23. The quantitative estimate of drug-likeness (QED) is 0.442. The fourth-order valence-corrected chi connectivity index (χ4v) is 2.99. The Hall–Kier alpha value is -2.08. The van der Waals surface area contributed by atoms with Crippen LogP contribution in [-0.2, 0) is 0 Å². The predicted molar refractivity (Wildman–Crippen MR) is 116 cm³/mol. The average molecular weight is 335 g/mol. The van der Waals surface area contributed by atoms with E-state index in [0.717, 1.165) is 0 Å². The van der Waals surface area contributed by atoms with Gasteiger partial charge in [-0.1, -0.05) is 95.6 Å². The van der Waals surface area contributed by atoms with Crippen molar-refractivity contribution in [2.24, 2.45) is 0 Å². The average Bonchev–Trinajstić information content (AvgIpc) is 2.65. The van der Waals surface area contributed by atoms with Crippen molar-refractivity contribution in [2.75, 3.05) is 0 Å². The van der Waals surface area contributed by atoms with Crippen LogP contribution in [0.15, 0.2) is 54.6 Å². The van der Waals surface area contributed by atoms with Gasteiger partial charge in [-0.25, -0.2) is 0 Å². The van der Waals surface area contributed by atoms with E-state index in [1.807, 2.05) is 27.7 Å². The van der Waals surface area contributed by atoms with Crippen molar-refractivity contribution < 1.29 is 0 Å². The van der Waals surface area contributed by atoms with E-state index in [1.165, 1.54) is 38.6 Å². The maximum Gasteiger partial charge on any atom is -0.0178 e. The molecule has 0 heterocycles. The maximum absolute atomic E-state index is 2.34. The van der Waals surface area contributed by atoms with Crippen LogP contribution in [0.25, 0.3) is 21.9 Å². The van der Waals surface area contributed by atoms with E-state index in [9.17, 15) is 0 Å². The van der Waals surface area contributed by atoms with Crippen LogP contribution in [-0.4, -0.2) is 0 Å². The van der Waals surface area contributed by atoms with Gasteiger partial charge in [0.2, 0.25) is 0 Å². The standard InChI is InChI=1S/C21H22.2C2H6/c1-14(2)21-13-20(8-6-16(21)4)19-10-9-17-11-15(3)5-7-18(17)12-19;2*1-2/h5-14H,1-4H3;2*1-2H3. The summed E-state index contributed by atoms with van der Waals surface area (Å²) < 4.78 is 0. The fourth-order valence-electron chi connectivity index (χ4n) is 2.99. The number of benzene rings is 3. The number of rotatable bonds is 2. The smallest absolute Gasteiger partial charge is 0.0178 e. The van der Waals surface area contributed by atoms with E-state index < -0.39 is 0 Å². The van der Waals surface area contributed by atoms with Crippen molar-refractivity contribution in [1.82, 2.24) is 0 Å². The lowest BCUT2D eigenvalue weighted by molar-refractivity contribution is 0.857. The molecule has 134 valence electrons. The number of hydrogen-bond donors (Lipinski definition) is 0. The molecule has 0 amide bonds. The molecule has 25 heavy (non-hydrogen) atoms. The minimum absolute atomic E-state index is 0.563. The minimum atomic E-state index is 0.563. The minimum Gasteiger partial charge on any atom is -0.0683 e. The summed E-state index contributed by atoms with van der Waals surface area (Å²) in [5.41, 5.74) is 6.74. The Morgan fingerprint density at radius 2 is 1.12 bits per heavy atom. The summed E-state index contributed by atoms with van der Waals surface area (Å²) in [6.07, 6.45) is 0. The number of fused-ring (bicyclic) bond motifs is 1. The van der Waals surface area contributed by atoms with Crippen LogP contribution in [0.5, 0.6) is 0 Å². The van der Waals surface area contributed by atoms with Gasteiger partial charge in [0, 0.05) is 0 Å². The number of aryl methyl sites for hydroxylation is 2. The van der Waals surface area contributed by atoms with Gasteiger partial charge in [0.15, 0.2) is 0 Å². The molecule has 0 saturated heterocycles. The molecular weight excluding hydrogens is 300 g/mol. The molecule has 0 fully saturated rings. The summed E-state index contributed by atoms with van der Waals surface area (Å²) in [5, 5.41) is 2.62. The normalized spacial score (nSPS) is 9.96. The van der Waals surface area contributed by atoms with Crippen molar-refractivity contribution in [3.8, 4) is 11.1 Å². The van der Waals surface area contributed by atoms with Gasteiger partial charge in [0.05, 0.1) is 0 Å². The predicted octanol–water partition coefficient (Wildman–Crippen LogP) is 8.30. The Morgan fingerprint density at radius 3 is 1.76 bits per heavy atom. The highest BCUT2D eigenvalue weighted by molar-refractivity contribution is 5.88. The number of hydrogen-bond acceptors (Lipinski definition) is 0. The first-order valence-corrected chi connectivity index (χ1v) is 9.66. The Labute approximate surface area is 154 Å². The third kappa shape index (κ3) is 5.19. The Bertz CT molecular complexity index is 794. The third-order valence-electron chi connectivity index (χ3n) is 4.23. The maximum atomic E-state index is 2.34. The monoisotopic (exact) mass is 334 g/mol. The molecule has 0 bridgehead atoms. The zero-order chi connectivity index (χ0) is 19.0. The molecule has 0 heteroatoms. The Kier molecular flexibility index (Phi) is 8.41. The molecule has 0 spiro atoms. The van der Waals surface area contributed by atoms with Gasteiger partial charge in [-0.3, -0.25) is 0 Å². The summed E-state index contributed by atoms with van der Waals surface area (Å²) in [4.78, 5) is 0. The second kappa shape index (κ2) is 10.0. The largest absolute Gasteiger partial charge is 0.0683 e. The first-order valence-electron chi connectivity index (χ1n) is 9.66. The lowest BCUT2D eigenvalue weighted by Crippen LogP contribution is -1.92. The highest BCUT2D eigenvalue weighted by Crippen LogP contribution is 2.29. The molecule has 0 saturated carbocycles. The van der Waals surface area contributed by atoms with E-state index in [4.69, 9.17) is 0 Å². The van der Waals surface area contributed by atoms with Gasteiger partial charge in [-0.2, -0.15) is 0 Å². The molecule has 0 atom stereocenters. The van der Waals surface area contributed by atoms with Crippen LogP contribution >= 0.6 is 0 Å². The van der Waals surface area contributed by atoms with Crippen LogP contribution in [0.1, 0.15) is 64.2 Å². The SMILES string of the molecule is CC.CC.Cc1ccc2cc(-c3ccc(C)c(C(C)C)c3)ccc2c1. The van der Waals surface area contributed by atoms with Gasteiger partial charge in [-0.05, 0) is 58.9 Å². The van der Waals surface area contributed by atoms with Crippen molar-refractivity contribution >= 4 is 10.8 Å². The zero-order valence-corrected chi connectivity index (χ0v) is 17.3. The first kappa shape index (κ1) is 21.0. The Morgan fingerprint density at radius 1 is 0.600 bits per heavy atom. The van der Waals surface area contributed by atoms with Crippen LogP contribution in [0.4, 0.5) is 0 Å². The first-order chi connectivity index (χ1) is 12.0. The molecule has 0 nitrogen and oxygen atoms in total. The molecule has 0 radical (unpaired) electrons. The molecule has 3 aromatic rings. The second-order valence-electron chi connectivity index (χ2n) is 6.29.